The molecule has 8 heteroatoms. The first kappa shape index (κ1) is 17.9. The normalized spacial score (nSPS) is 23.6. The lowest BCUT2D eigenvalue weighted by Gasteiger charge is -2.33. The zero-order chi connectivity index (χ0) is 17.6. The van der Waals surface area contributed by atoms with E-state index in [9.17, 15) is 9.59 Å². The molecule has 0 unspecified atom stereocenters. The summed E-state index contributed by atoms with van der Waals surface area (Å²) >= 11 is 0. The summed E-state index contributed by atoms with van der Waals surface area (Å²) in [7, 11) is 1.71. The zero-order valence-electron chi connectivity index (χ0n) is 14.6. The van der Waals surface area contributed by atoms with Crippen LogP contribution in [0.1, 0.15) is 25.7 Å². The van der Waals surface area contributed by atoms with Gasteiger partial charge in [0.05, 0.1) is 12.7 Å². The molecule has 3 rings (SSSR count). The van der Waals surface area contributed by atoms with Crippen molar-refractivity contribution < 1.29 is 14.3 Å². The average molecular weight is 350 g/mol. The van der Waals surface area contributed by atoms with Crippen molar-refractivity contribution in [2.75, 3.05) is 37.8 Å². The van der Waals surface area contributed by atoms with Crippen LogP contribution in [0.5, 0.6) is 0 Å². The molecule has 0 saturated carbocycles. The summed E-state index contributed by atoms with van der Waals surface area (Å²) in [6.07, 6.45) is 7.24. The maximum Gasteiger partial charge on any atom is 0.293 e. The van der Waals surface area contributed by atoms with E-state index >= 15 is 0 Å². The summed E-state index contributed by atoms with van der Waals surface area (Å²) in [5, 5.41) is 3.00. The molecular formula is C17H26N4O4. The molecule has 2 aliphatic rings. The molecule has 2 aliphatic heterocycles. The average Bonchev–Trinajstić information content (AvgIpc) is 3.11. The lowest BCUT2D eigenvalue weighted by molar-refractivity contribution is -0.127. The van der Waals surface area contributed by atoms with Crippen LogP contribution in [0.2, 0.25) is 0 Å². The Balaban J connectivity index is 1.47. The fraction of sp³-hybridized carbons (Fsp3) is 0.706. The molecule has 25 heavy (non-hydrogen) atoms. The van der Waals surface area contributed by atoms with E-state index in [4.69, 9.17) is 9.47 Å². The van der Waals surface area contributed by atoms with Gasteiger partial charge in [-0.3, -0.25) is 9.59 Å². The second-order valence-electron chi connectivity index (χ2n) is 6.67. The summed E-state index contributed by atoms with van der Waals surface area (Å²) in [6, 6.07) is -0.000655. The Bertz CT molecular complexity index is 642. The van der Waals surface area contributed by atoms with Gasteiger partial charge in [-0.25, -0.2) is 4.98 Å². The maximum absolute atomic E-state index is 12.2. The van der Waals surface area contributed by atoms with Crippen molar-refractivity contribution in [1.82, 2.24) is 14.9 Å². The van der Waals surface area contributed by atoms with Crippen LogP contribution >= 0.6 is 0 Å². The number of nitrogens with one attached hydrogen (secondary N) is 1. The smallest absolute Gasteiger partial charge is 0.293 e. The Morgan fingerprint density at radius 2 is 2.32 bits per heavy atom. The summed E-state index contributed by atoms with van der Waals surface area (Å²) in [6.45, 7) is 2.65. The quantitative estimate of drug-likeness (QED) is 0.781. The number of hydrogen-bond acceptors (Lipinski definition) is 6. The van der Waals surface area contributed by atoms with Gasteiger partial charge in [-0.05, 0) is 25.7 Å². The molecule has 2 atom stereocenters. The second-order valence-corrected chi connectivity index (χ2v) is 6.67. The van der Waals surface area contributed by atoms with Crippen molar-refractivity contribution in [2.24, 2.45) is 7.05 Å². The predicted molar refractivity (Wildman–Crippen MR) is 92.6 cm³/mol. The molecule has 1 aromatic rings. The van der Waals surface area contributed by atoms with Crippen molar-refractivity contribution in [3.8, 4) is 0 Å². The Morgan fingerprint density at radius 3 is 3.12 bits per heavy atom. The van der Waals surface area contributed by atoms with Crippen molar-refractivity contribution in [2.45, 2.75) is 37.8 Å². The number of anilines is 1. The topological polar surface area (TPSA) is 85.7 Å². The van der Waals surface area contributed by atoms with Gasteiger partial charge in [0.15, 0.2) is 5.82 Å². The highest BCUT2D eigenvalue weighted by molar-refractivity contribution is 5.77. The maximum atomic E-state index is 12.2. The minimum atomic E-state index is -0.126. The molecule has 2 fully saturated rings. The molecule has 3 heterocycles. The molecule has 0 spiro atoms. The van der Waals surface area contributed by atoms with Gasteiger partial charge in [0.2, 0.25) is 5.91 Å². The van der Waals surface area contributed by atoms with Crippen LogP contribution in [-0.2, 0) is 21.3 Å². The van der Waals surface area contributed by atoms with Crippen LogP contribution in [0.15, 0.2) is 17.2 Å². The molecule has 0 bridgehead atoms. The fourth-order valence-corrected chi connectivity index (χ4v) is 3.32. The van der Waals surface area contributed by atoms with Crippen LogP contribution in [0.4, 0.5) is 5.82 Å². The number of carbonyl (C=O) groups excluding carboxylic acids is 1. The number of ether oxygens (including phenoxy) is 2. The van der Waals surface area contributed by atoms with Crippen LogP contribution in [0, 0.1) is 0 Å². The van der Waals surface area contributed by atoms with Gasteiger partial charge < -0.3 is 24.3 Å². The summed E-state index contributed by atoms with van der Waals surface area (Å²) < 4.78 is 12.4. The third-order valence-corrected chi connectivity index (χ3v) is 4.65. The number of nitrogens with zero attached hydrogens (tertiary/aromatic N) is 3. The van der Waals surface area contributed by atoms with E-state index in [0.29, 0.717) is 19.0 Å². The number of amides is 1. The van der Waals surface area contributed by atoms with Crippen LogP contribution in [-0.4, -0.2) is 60.5 Å². The third-order valence-electron chi connectivity index (χ3n) is 4.65. The zero-order valence-corrected chi connectivity index (χ0v) is 14.6. The Morgan fingerprint density at radius 1 is 1.44 bits per heavy atom. The van der Waals surface area contributed by atoms with Crippen LogP contribution in [0.3, 0.4) is 0 Å². The molecule has 0 radical (unpaired) electrons. The van der Waals surface area contributed by atoms with Gasteiger partial charge in [-0.1, -0.05) is 0 Å². The Labute approximate surface area is 147 Å². The van der Waals surface area contributed by atoms with E-state index in [1.165, 1.54) is 4.57 Å². The van der Waals surface area contributed by atoms with Crippen LogP contribution in [0.25, 0.3) is 0 Å². The van der Waals surface area contributed by atoms with Gasteiger partial charge >= 0.3 is 0 Å². The first-order valence-electron chi connectivity index (χ1n) is 8.89. The van der Waals surface area contributed by atoms with Gasteiger partial charge in [0, 0.05) is 45.2 Å². The molecule has 1 N–H and O–H groups in total. The Hall–Kier alpha value is -1.93. The SMILES string of the molecule is Cn1ccnc(N2CCC[C@H](NC(=O)COC[C@H]3CCCO3)C2)c1=O. The summed E-state index contributed by atoms with van der Waals surface area (Å²) in [5.74, 6) is 0.317. The van der Waals surface area contributed by atoms with Crippen molar-refractivity contribution in [1.29, 1.82) is 0 Å². The number of rotatable bonds is 6. The first-order valence-corrected chi connectivity index (χ1v) is 8.89. The van der Waals surface area contributed by atoms with E-state index < -0.39 is 0 Å². The van der Waals surface area contributed by atoms with Gasteiger partial charge in [0.25, 0.3) is 5.56 Å². The van der Waals surface area contributed by atoms with Crippen molar-refractivity contribution >= 4 is 11.7 Å². The number of aromatic nitrogens is 2. The van der Waals surface area contributed by atoms with Gasteiger partial charge in [-0.15, -0.1) is 0 Å². The number of carbonyl (C=O) groups is 1. The second kappa shape index (κ2) is 8.44. The molecule has 0 aromatic carbocycles. The number of hydrogen-bond donors (Lipinski definition) is 1. The number of piperidine rings is 1. The highest BCUT2D eigenvalue weighted by Crippen LogP contribution is 2.15. The summed E-state index contributed by atoms with van der Waals surface area (Å²) in [4.78, 5) is 30.4. The highest BCUT2D eigenvalue weighted by atomic mass is 16.5. The molecule has 0 aliphatic carbocycles. The monoisotopic (exact) mass is 350 g/mol. The van der Waals surface area contributed by atoms with E-state index in [0.717, 1.165) is 38.8 Å². The van der Waals surface area contributed by atoms with E-state index in [2.05, 4.69) is 10.3 Å². The van der Waals surface area contributed by atoms with Crippen molar-refractivity contribution in [3.63, 3.8) is 0 Å². The van der Waals surface area contributed by atoms with Gasteiger partial charge in [0.1, 0.15) is 6.61 Å². The third kappa shape index (κ3) is 4.79. The standard InChI is InChI=1S/C17H26N4O4/c1-20-8-6-18-16(17(20)23)21-7-2-4-13(10-21)19-15(22)12-24-11-14-5-3-9-25-14/h6,8,13-14H,2-5,7,9-12H2,1H3,(H,19,22)/t13-,14+/m0/s1. The molecule has 2 saturated heterocycles. The largest absolute Gasteiger partial charge is 0.376 e. The lowest BCUT2D eigenvalue weighted by Crippen LogP contribution is -2.50. The molecule has 1 aromatic heterocycles. The van der Waals surface area contributed by atoms with Gasteiger partial charge in [-0.2, -0.15) is 0 Å². The van der Waals surface area contributed by atoms with E-state index in [-0.39, 0.29) is 30.2 Å². The van der Waals surface area contributed by atoms with Crippen molar-refractivity contribution in [3.05, 3.63) is 22.7 Å². The summed E-state index contributed by atoms with van der Waals surface area (Å²) in [5.41, 5.74) is -0.116. The van der Waals surface area contributed by atoms with E-state index in [1.807, 2.05) is 4.90 Å². The molecular weight excluding hydrogens is 324 g/mol. The fourth-order valence-electron chi connectivity index (χ4n) is 3.32. The van der Waals surface area contributed by atoms with Crippen LogP contribution < -0.4 is 15.8 Å². The highest BCUT2D eigenvalue weighted by Gasteiger charge is 2.24. The number of aryl methyl sites for hydroxylation is 1. The molecule has 138 valence electrons. The predicted octanol–water partition coefficient (Wildman–Crippen LogP) is 0.0609. The van der Waals surface area contributed by atoms with E-state index in [1.54, 1.807) is 19.4 Å². The Kier molecular flexibility index (Phi) is 6.04. The molecule has 1 amide bonds. The lowest BCUT2D eigenvalue weighted by atomic mass is 10.1. The first-order chi connectivity index (χ1) is 12.1. The minimum absolute atomic E-state index is 0.000655. The minimum Gasteiger partial charge on any atom is -0.376 e. The molecule has 8 nitrogen and oxygen atoms in total.